The lowest BCUT2D eigenvalue weighted by Gasteiger charge is -2.37. The van der Waals surface area contributed by atoms with E-state index in [0.29, 0.717) is 16.8 Å². The predicted octanol–water partition coefficient (Wildman–Crippen LogP) is 3.47. The number of aromatic amines is 1. The molecule has 5 rings (SSSR count). The van der Waals surface area contributed by atoms with Gasteiger partial charge in [0.25, 0.3) is 0 Å². The summed E-state index contributed by atoms with van der Waals surface area (Å²) in [5.74, 6) is 0.472. The lowest BCUT2D eigenvalue weighted by Crippen LogP contribution is -2.40. The number of benzene rings is 2. The van der Waals surface area contributed by atoms with Gasteiger partial charge in [-0.25, -0.2) is 23.0 Å². The summed E-state index contributed by atoms with van der Waals surface area (Å²) in [6.45, 7) is 0. The Morgan fingerprint density at radius 2 is 2.00 bits per heavy atom. The third-order valence-corrected chi connectivity index (χ3v) is 7.47. The zero-order chi connectivity index (χ0) is 24.0. The van der Waals surface area contributed by atoms with Crippen molar-refractivity contribution < 1.29 is 13.2 Å². The Balaban J connectivity index is 1.71. The van der Waals surface area contributed by atoms with Crippen LogP contribution >= 0.6 is 0 Å². The molecular formula is C24H25N6O3S+. The predicted molar refractivity (Wildman–Crippen MR) is 132 cm³/mol. The summed E-state index contributed by atoms with van der Waals surface area (Å²) in [7, 11) is -0.231. The van der Waals surface area contributed by atoms with Crippen molar-refractivity contribution in [2.45, 2.75) is 16.7 Å². The molecule has 0 radical (unpaired) electrons. The fourth-order valence-electron chi connectivity index (χ4n) is 4.76. The van der Waals surface area contributed by atoms with Crippen LogP contribution in [0, 0.1) is 0 Å². The van der Waals surface area contributed by atoms with Crippen LogP contribution in [0.4, 0.5) is 17.1 Å². The highest BCUT2D eigenvalue weighted by atomic mass is 32.2. The fraction of sp³-hybridized carbons (Fsp3) is 0.167. The number of methoxy groups -OCH3 is 1. The summed E-state index contributed by atoms with van der Waals surface area (Å²) in [4.78, 5) is 4.55. The summed E-state index contributed by atoms with van der Waals surface area (Å²) in [5.41, 5.74) is 3.73. The van der Waals surface area contributed by atoms with E-state index in [2.05, 4.69) is 39.7 Å². The standard InChI is InChI=1S/C24H25N6O3S/c1-30(19-15-28-29-16-19)12-11-26-21-14-18(7-8-22(21)30)24(9-4-10-27-23(24)33-2)17-5-3-6-20(13-17)34(25,31)32/h3-8,10-16,26H,9H2,1-2H3,(H,28,29)(H2,25,31,32)/q+1. The number of H-pyrrole nitrogens is 1. The molecule has 2 aromatic carbocycles. The van der Waals surface area contributed by atoms with Crippen molar-refractivity contribution in [3.05, 3.63) is 90.7 Å². The van der Waals surface area contributed by atoms with E-state index < -0.39 is 15.4 Å². The van der Waals surface area contributed by atoms with Crippen LogP contribution in [-0.2, 0) is 20.2 Å². The van der Waals surface area contributed by atoms with Gasteiger partial charge in [-0.1, -0.05) is 24.3 Å². The van der Waals surface area contributed by atoms with E-state index in [4.69, 9.17) is 9.88 Å². The highest BCUT2D eigenvalue weighted by Gasteiger charge is 2.43. The van der Waals surface area contributed by atoms with Gasteiger partial charge in [0.1, 0.15) is 18.1 Å². The van der Waals surface area contributed by atoms with Crippen molar-refractivity contribution in [3.8, 4) is 0 Å². The molecule has 0 fully saturated rings. The first-order valence-electron chi connectivity index (χ1n) is 10.6. The summed E-state index contributed by atoms with van der Waals surface area (Å²) in [5, 5.41) is 15.8. The van der Waals surface area contributed by atoms with Crippen LogP contribution in [0.25, 0.3) is 0 Å². The number of nitrogens with zero attached hydrogens (tertiary/aromatic N) is 3. The van der Waals surface area contributed by atoms with E-state index in [1.165, 1.54) is 6.07 Å². The van der Waals surface area contributed by atoms with Gasteiger partial charge in [0, 0.05) is 12.3 Å². The minimum absolute atomic E-state index is 0.0394. The number of rotatable bonds is 4. The summed E-state index contributed by atoms with van der Waals surface area (Å²) < 4.78 is 30.4. The van der Waals surface area contributed by atoms with Crippen LogP contribution in [0.2, 0.25) is 0 Å². The minimum atomic E-state index is -3.88. The molecule has 2 unspecified atom stereocenters. The Kier molecular flexibility index (Phi) is 5.16. The quantitative estimate of drug-likeness (QED) is 0.497. The number of sulfonamides is 1. The monoisotopic (exact) mass is 477 g/mol. The van der Waals surface area contributed by atoms with Crippen LogP contribution in [0.1, 0.15) is 17.5 Å². The Bertz CT molecular complexity index is 1450. The number of nitrogens with one attached hydrogen (secondary N) is 2. The molecule has 10 heteroatoms. The fourth-order valence-corrected chi connectivity index (χ4v) is 5.32. The van der Waals surface area contributed by atoms with Gasteiger partial charge in [-0.3, -0.25) is 5.10 Å². The molecule has 2 aliphatic rings. The first-order valence-corrected chi connectivity index (χ1v) is 12.2. The number of anilines is 1. The van der Waals surface area contributed by atoms with Crippen LogP contribution in [0.5, 0.6) is 0 Å². The van der Waals surface area contributed by atoms with Crippen LogP contribution in [-0.4, -0.2) is 38.7 Å². The Labute approximate surface area is 197 Å². The second-order valence-corrected chi connectivity index (χ2v) is 9.99. The number of hydrogen-bond acceptors (Lipinski definition) is 6. The van der Waals surface area contributed by atoms with E-state index in [-0.39, 0.29) is 4.90 Å². The van der Waals surface area contributed by atoms with Crippen molar-refractivity contribution in [3.63, 3.8) is 0 Å². The van der Waals surface area contributed by atoms with E-state index >= 15 is 0 Å². The number of hydrogen-bond donors (Lipinski definition) is 3. The average molecular weight is 478 g/mol. The van der Waals surface area contributed by atoms with Crippen LogP contribution < -0.4 is 14.9 Å². The normalized spacial score (nSPS) is 23.7. The lowest BCUT2D eigenvalue weighted by molar-refractivity contribution is 0.358. The van der Waals surface area contributed by atoms with E-state index in [0.717, 1.165) is 28.2 Å². The maximum atomic E-state index is 12.1. The van der Waals surface area contributed by atoms with E-state index in [1.54, 1.807) is 31.6 Å². The average Bonchev–Trinajstić information content (AvgIpc) is 3.39. The summed E-state index contributed by atoms with van der Waals surface area (Å²) >= 11 is 0. The van der Waals surface area contributed by atoms with Crippen LogP contribution in [0.15, 0.2) is 89.4 Å². The third-order valence-electron chi connectivity index (χ3n) is 6.56. The molecular weight excluding hydrogens is 452 g/mol. The maximum Gasteiger partial charge on any atom is 0.238 e. The van der Waals surface area contributed by atoms with Crippen molar-refractivity contribution in [1.29, 1.82) is 0 Å². The van der Waals surface area contributed by atoms with Gasteiger partial charge in [0.2, 0.25) is 15.9 Å². The zero-order valence-corrected chi connectivity index (χ0v) is 19.6. The van der Waals surface area contributed by atoms with Gasteiger partial charge in [0.05, 0.1) is 36.9 Å². The number of quaternary nitrogens is 1. The number of allylic oxidation sites excluding steroid dienone is 1. The molecule has 34 heavy (non-hydrogen) atoms. The Hall–Kier alpha value is -3.73. The zero-order valence-electron chi connectivity index (χ0n) is 18.8. The molecule has 0 spiro atoms. The van der Waals surface area contributed by atoms with Gasteiger partial charge >= 0.3 is 0 Å². The molecule has 1 aromatic heterocycles. The molecule has 0 bridgehead atoms. The van der Waals surface area contributed by atoms with Gasteiger partial charge < -0.3 is 10.1 Å². The van der Waals surface area contributed by atoms with Crippen molar-refractivity contribution >= 4 is 33.0 Å². The van der Waals surface area contributed by atoms with Crippen molar-refractivity contribution in [1.82, 2.24) is 14.7 Å². The Morgan fingerprint density at radius 3 is 2.74 bits per heavy atom. The smallest absolute Gasteiger partial charge is 0.238 e. The first-order chi connectivity index (χ1) is 16.3. The minimum Gasteiger partial charge on any atom is -0.483 e. The number of aliphatic imine (C=N–C) groups is 1. The SMILES string of the molecule is COC1=NC=CCC1(c1cccc(S(N)(=O)=O)c1)c1ccc2c(c1)NC=C[N+]2(C)c1cn[nH]c1. The molecule has 174 valence electrons. The summed E-state index contributed by atoms with van der Waals surface area (Å²) in [6, 6.07) is 12.8. The topological polar surface area (TPSA) is 122 Å². The lowest BCUT2D eigenvalue weighted by atomic mass is 9.70. The largest absolute Gasteiger partial charge is 0.483 e. The molecule has 9 nitrogen and oxygen atoms in total. The Morgan fingerprint density at radius 1 is 1.18 bits per heavy atom. The molecule has 3 aromatic rings. The molecule has 2 aliphatic heterocycles. The van der Waals surface area contributed by atoms with Crippen molar-refractivity contribution in [2.75, 3.05) is 19.5 Å². The number of nitrogens with two attached hydrogens (primary N) is 1. The number of primary sulfonamides is 1. The van der Waals surface area contributed by atoms with Crippen LogP contribution in [0.3, 0.4) is 0 Å². The second-order valence-electron chi connectivity index (χ2n) is 8.43. The molecule has 0 saturated heterocycles. The maximum absolute atomic E-state index is 12.1. The van der Waals surface area contributed by atoms with Gasteiger partial charge in [-0.15, -0.1) is 0 Å². The highest BCUT2D eigenvalue weighted by Crippen LogP contribution is 2.46. The van der Waals surface area contributed by atoms with Gasteiger partial charge in [-0.2, -0.15) is 5.10 Å². The van der Waals surface area contributed by atoms with Gasteiger partial charge in [0.15, 0.2) is 11.4 Å². The molecule has 0 aliphatic carbocycles. The van der Waals surface area contributed by atoms with E-state index in [1.807, 2.05) is 36.8 Å². The highest BCUT2D eigenvalue weighted by molar-refractivity contribution is 7.89. The molecule has 3 heterocycles. The van der Waals surface area contributed by atoms with Crippen molar-refractivity contribution in [2.24, 2.45) is 10.1 Å². The summed E-state index contributed by atoms with van der Waals surface area (Å²) in [6.07, 6.45) is 11.8. The third kappa shape index (κ3) is 3.35. The van der Waals surface area contributed by atoms with E-state index in [9.17, 15) is 8.42 Å². The number of fused-ring (bicyclic) bond motifs is 1. The molecule has 0 amide bonds. The van der Waals surface area contributed by atoms with Gasteiger partial charge in [-0.05, 0) is 35.7 Å². The molecule has 0 saturated carbocycles. The first kappa shape index (κ1) is 22.1. The second kappa shape index (κ2) is 7.94. The number of aromatic nitrogens is 2. The molecule has 4 N–H and O–H groups in total. The number of ether oxygens (including phenoxy) is 1. The molecule has 2 atom stereocenters.